The lowest BCUT2D eigenvalue weighted by molar-refractivity contribution is 0.0757. The molecule has 93 valence electrons. The Labute approximate surface area is 104 Å². The highest BCUT2D eigenvalue weighted by Crippen LogP contribution is 2.16. The van der Waals surface area contributed by atoms with Crippen LogP contribution in [-0.2, 0) is 11.3 Å². The van der Waals surface area contributed by atoms with E-state index in [0.717, 1.165) is 32.2 Å². The highest BCUT2D eigenvalue weighted by Gasteiger charge is 2.13. The van der Waals surface area contributed by atoms with Gasteiger partial charge in [-0.15, -0.1) is 0 Å². The van der Waals surface area contributed by atoms with Crippen LogP contribution in [0.15, 0.2) is 18.2 Å². The average molecular weight is 232 g/mol. The first-order chi connectivity index (χ1) is 8.27. The van der Waals surface area contributed by atoms with Crippen LogP contribution in [0.3, 0.4) is 0 Å². The molecule has 0 N–H and O–H groups in total. The second kappa shape index (κ2) is 6.18. The maximum absolute atomic E-state index is 5.85. The van der Waals surface area contributed by atoms with Crippen molar-refractivity contribution in [2.75, 3.05) is 19.7 Å². The Kier molecular flexibility index (Phi) is 4.57. The summed E-state index contributed by atoms with van der Waals surface area (Å²) in [5.41, 5.74) is 4.04. The minimum atomic E-state index is 0.720. The van der Waals surface area contributed by atoms with E-state index in [0.29, 0.717) is 0 Å². The molecule has 0 amide bonds. The topological polar surface area (TPSA) is 23.3 Å². The molecule has 0 spiro atoms. The van der Waals surface area contributed by atoms with Gasteiger partial charge in [-0.1, -0.05) is 18.2 Å². The van der Waals surface area contributed by atoms with Crippen molar-refractivity contribution in [2.24, 2.45) is 5.92 Å². The van der Waals surface area contributed by atoms with E-state index in [-0.39, 0.29) is 0 Å². The summed E-state index contributed by atoms with van der Waals surface area (Å²) in [6.07, 6.45) is 2.40. The number of benzene rings is 1. The van der Waals surface area contributed by atoms with Gasteiger partial charge in [-0.05, 0) is 49.3 Å². The van der Waals surface area contributed by atoms with Gasteiger partial charge in [0.15, 0.2) is 0 Å². The van der Waals surface area contributed by atoms with Gasteiger partial charge in [-0.3, -0.25) is 0 Å². The number of ether oxygens (including phenoxy) is 1. The van der Waals surface area contributed by atoms with Gasteiger partial charge in [0.2, 0.25) is 0 Å². The molecule has 1 aliphatic rings. The van der Waals surface area contributed by atoms with Crippen LogP contribution in [0.5, 0.6) is 0 Å². The molecule has 1 aromatic carbocycles. The van der Waals surface area contributed by atoms with Crippen LogP contribution in [0.25, 0.3) is 0 Å². The van der Waals surface area contributed by atoms with Crippen molar-refractivity contribution >= 4 is 0 Å². The normalized spacial score (nSPS) is 17.3. The molecule has 1 aromatic rings. The van der Waals surface area contributed by atoms with E-state index in [2.05, 4.69) is 37.4 Å². The zero-order valence-corrected chi connectivity index (χ0v) is 10.9. The maximum atomic E-state index is 5.85. The zero-order chi connectivity index (χ0) is 12.1. The van der Waals surface area contributed by atoms with Crippen molar-refractivity contribution in [1.29, 1.82) is 0 Å². The van der Waals surface area contributed by atoms with Crippen molar-refractivity contribution in [3.63, 3.8) is 0 Å². The van der Waals surface area contributed by atoms with Gasteiger partial charge < -0.3 is 4.74 Å². The van der Waals surface area contributed by atoms with E-state index < -0.39 is 0 Å². The quantitative estimate of drug-likeness (QED) is 0.783. The summed E-state index contributed by atoms with van der Waals surface area (Å²) in [4.78, 5) is 0. The lowest BCUT2D eigenvalue weighted by Crippen LogP contribution is -2.25. The van der Waals surface area contributed by atoms with Gasteiger partial charge >= 0.3 is 0 Å². The van der Waals surface area contributed by atoms with Crippen molar-refractivity contribution in [2.45, 2.75) is 33.3 Å². The number of aryl methyl sites for hydroxylation is 1. The van der Waals surface area contributed by atoms with Gasteiger partial charge in [0, 0.05) is 19.7 Å². The number of piperidine rings is 1. The van der Waals surface area contributed by atoms with Gasteiger partial charge in [-0.25, -0.2) is 5.32 Å². The molecule has 2 heteroatoms. The smallest absolute Gasteiger partial charge is 0.0719 e. The first-order valence-electron chi connectivity index (χ1n) is 6.53. The van der Waals surface area contributed by atoms with Crippen LogP contribution >= 0.6 is 0 Å². The van der Waals surface area contributed by atoms with Crippen LogP contribution in [0.2, 0.25) is 0 Å². The standard InChI is InChI=1S/C15H22NO/c1-12-4-3-5-15(13(12)2)11-17-10-14-6-8-16-9-7-14/h3-5,14H,6-11H2,1-2H3. The molecular formula is C15H22NO. The molecule has 2 rings (SSSR count). The molecular weight excluding hydrogens is 210 g/mol. The Bertz CT molecular complexity index is 356. The van der Waals surface area contributed by atoms with Crippen LogP contribution in [0.4, 0.5) is 0 Å². The van der Waals surface area contributed by atoms with Crippen molar-refractivity contribution in [3.05, 3.63) is 34.9 Å². The fourth-order valence-electron chi connectivity index (χ4n) is 2.27. The third-order valence-electron chi connectivity index (χ3n) is 3.72. The van der Waals surface area contributed by atoms with Gasteiger partial charge in [0.05, 0.1) is 6.61 Å². The van der Waals surface area contributed by atoms with E-state index in [1.807, 2.05) is 0 Å². The second-order valence-corrected chi connectivity index (χ2v) is 4.99. The highest BCUT2D eigenvalue weighted by atomic mass is 16.5. The summed E-state index contributed by atoms with van der Waals surface area (Å²) in [6.45, 7) is 8.02. The van der Waals surface area contributed by atoms with Crippen molar-refractivity contribution < 1.29 is 4.74 Å². The van der Waals surface area contributed by atoms with Gasteiger partial charge in [-0.2, -0.15) is 0 Å². The fourth-order valence-corrected chi connectivity index (χ4v) is 2.27. The molecule has 0 atom stereocenters. The fraction of sp³-hybridized carbons (Fsp3) is 0.600. The first-order valence-corrected chi connectivity index (χ1v) is 6.53. The number of nitrogens with zero attached hydrogens (tertiary/aromatic N) is 1. The van der Waals surface area contributed by atoms with Gasteiger partial charge in [0.1, 0.15) is 0 Å². The maximum Gasteiger partial charge on any atom is 0.0719 e. The number of hydrogen-bond donors (Lipinski definition) is 0. The molecule has 1 fully saturated rings. The van der Waals surface area contributed by atoms with Crippen molar-refractivity contribution in [1.82, 2.24) is 5.32 Å². The molecule has 1 heterocycles. The summed E-state index contributed by atoms with van der Waals surface area (Å²) in [5.74, 6) is 0.720. The summed E-state index contributed by atoms with van der Waals surface area (Å²) < 4.78 is 5.85. The van der Waals surface area contributed by atoms with Crippen LogP contribution in [-0.4, -0.2) is 19.7 Å². The average Bonchev–Trinajstić information content (AvgIpc) is 2.36. The monoisotopic (exact) mass is 232 g/mol. The summed E-state index contributed by atoms with van der Waals surface area (Å²) in [5, 5.41) is 4.36. The van der Waals surface area contributed by atoms with Crippen LogP contribution in [0.1, 0.15) is 29.5 Å². The first kappa shape index (κ1) is 12.6. The predicted octanol–water partition coefficient (Wildman–Crippen LogP) is 2.83. The van der Waals surface area contributed by atoms with Crippen LogP contribution < -0.4 is 5.32 Å². The van der Waals surface area contributed by atoms with Gasteiger partial charge in [0.25, 0.3) is 0 Å². The van der Waals surface area contributed by atoms with Crippen LogP contribution in [0, 0.1) is 19.8 Å². The Morgan fingerprint density at radius 3 is 2.76 bits per heavy atom. The molecule has 2 nitrogen and oxygen atoms in total. The Hall–Kier alpha value is -0.860. The van der Waals surface area contributed by atoms with E-state index in [1.165, 1.54) is 29.5 Å². The molecule has 1 radical (unpaired) electrons. The SMILES string of the molecule is Cc1cccc(COCC2CC[N]CC2)c1C. The summed E-state index contributed by atoms with van der Waals surface area (Å²) >= 11 is 0. The summed E-state index contributed by atoms with van der Waals surface area (Å²) in [7, 11) is 0. The Balaban J connectivity index is 1.79. The van der Waals surface area contributed by atoms with E-state index in [9.17, 15) is 0 Å². The van der Waals surface area contributed by atoms with E-state index in [1.54, 1.807) is 0 Å². The number of rotatable bonds is 4. The zero-order valence-electron chi connectivity index (χ0n) is 10.9. The molecule has 0 unspecified atom stereocenters. The minimum absolute atomic E-state index is 0.720. The lowest BCUT2D eigenvalue weighted by atomic mass is 9.99. The molecule has 0 aromatic heterocycles. The molecule has 0 bridgehead atoms. The second-order valence-electron chi connectivity index (χ2n) is 4.99. The van der Waals surface area contributed by atoms with E-state index in [4.69, 9.17) is 4.74 Å². The molecule has 17 heavy (non-hydrogen) atoms. The predicted molar refractivity (Wildman–Crippen MR) is 70.2 cm³/mol. The Morgan fingerprint density at radius 2 is 2.00 bits per heavy atom. The highest BCUT2D eigenvalue weighted by molar-refractivity contribution is 5.32. The lowest BCUT2D eigenvalue weighted by Gasteiger charge is -2.21. The van der Waals surface area contributed by atoms with E-state index >= 15 is 0 Å². The third kappa shape index (κ3) is 3.55. The molecule has 1 saturated heterocycles. The largest absolute Gasteiger partial charge is 0.376 e. The Morgan fingerprint density at radius 1 is 1.24 bits per heavy atom. The summed E-state index contributed by atoms with van der Waals surface area (Å²) in [6, 6.07) is 6.43. The minimum Gasteiger partial charge on any atom is -0.376 e. The molecule has 1 aliphatic heterocycles. The number of hydrogen-bond acceptors (Lipinski definition) is 1. The molecule has 0 saturated carbocycles. The van der Waals surface area contributed by atoms with Crippen molar-refractivity contribution in [3.8, 4) is 0 Å². The molecule has 0 aliphatic carbocycles. The third-order valence-corrected chi connectivity index (χ3v) is 3.72.